The van der Waals surface area contributed by atoms with Crippen molar-refractivity contribution in [2.45, 2.75) is 17.8 Å². The van der Waals surface area contributed by atoms with E-state index in [0.29, 0.717) is 18.9 Å². The first kappa shape index (κ1) is 15.5. The predicted octanol–water partition coefficient (Wildman–Crippen LogP) is 1.81. The Morgan fingerprint density at radius 3 is 3.14 bits per heavy atom. The van der Waals surface area contributed by atoms with E-state index in [2.05, 4.69) is 10.3 Å². The number of fused-ring (bicyclic) bond motifs is 1. The number of thiazole rings is 1. The average Bonchev–Trinajstić information content (AvgIpc) is 3.13. The third kappa shape index (κ3) is 3.35. The van der Waals surface area contributed by atoms with Crippen molar-refractivity contribution in [3.8, 4) is 5.75 Å². The van der Waals surface area contributed by atoms with Crippen LogP contribution in [0.4, 0.5) is 0 Å². The van der Waals surface area contributed by atoms with E-state index in [1.165, 1.54) is 0 Å². The highest BCUT2D eigenvalue weighted by Crippen LogP contribution is 2.37. The predicted molar refractivity (Wildman–Crippen MR) is 88.5 cm³/mol. The molecule has 0 spiro atoms. The molecule has 22 heavy (non-hydrogen) atoms. The van der Waals surface area contributed by atoms with Crippen molar-refractivity contribution < 1.29 is 14.6 Å². The molecule has 4 N–H and O–H groups in total. The van der Waals surface area contributed by atoms with Crippen molar-refractivity contribution >= 4 is 39.3 Å². The minimum Gasteiger partial charge on any atom is -0.493 e. The Labute approximate surface area is 136 Å². The molecule has 1 aromatic heterocycles. The number of hydrogen-bond donors (Lipinski definition) is 3. The van der Waals surface area contributed by atoms with Gasteiger partial charge in [0, 0.05) is 5.75 Å². The number of benzene rings is 1. The molecule has 1 aromatic carbocycles. The molecule has 1 fully saturated rings. The van der Waals surface area contributed by atoms with E-state index in [9.17, 15) is 4.79 Å². The highest BCUT2D eigenvalue weighted by molar-refractivity contribution is 7.99. The molecule has 2 aromatic rings. The van der Waals surface area contributed by atoms with Crippen LogP contribution in [0.25, 0.3) is 10.2 Å². The molecule has 0 radical (unpaired) electrons. The van der Waals surface area contributed by atoms with Gasteiger partial charge in [-0.3, -0.25) is 10.1 Å². The van der Waals surface area contributed by atoms with Crippen molar-refractivity contribution in [2.24, 2.45) is 5.73 Å². The quantitative estimate of drug-likeness (QED) is 0.691. The lowest BCUT2D eigenvalue weighted by molar-refractivity contribution is -0.138. The van der Waals surface area contributed by atoms with E-state index >= 15 is 0 Å². The molecule has 0 saturated carbocycles. The zero-order chi connectivity index (χ0) is 15.5. The number of nitrogens with two attached hydrogens (primary N) is 1. The molecule has 0 bridgehead atoms. The number of thioether (sulfide) groups is 1. The second-order valence-electron chi connectivity index (χ2n) is 4.94. The first-order valence-corrected chi connectivity index (χ1v) is 8.87. The highest BCUT2D eigenvalue weighted by Gasteiger charge is 2.32. The third-order valence-electron chi connectivity index (χ3n) is 3.30. The zero-order valence-electron chi connectivity index (χ0n) is 11.8. The number of nitrogens with one attached hydrogen (secondary N) is 1. The van der Waals surface area contributed by atoms with Crippen LogP contribution in [0.2, 0.25) is 0 Å². The number of carboxylic acids is 1. The molecule has 6 nitrogen and oxygen atoms in total. The van der Waals surface area contributed by atoms with Crippen LogP contribution in [0.15, 0.2) is 18.2 Å². The minimum atomic E-state index is -0.813. The van der Waals surface area contributed by atoms with E-state index in [1.54, 1.807) is 23.1 Å². The summed E-state index contributed by atoms with van der Waals surface area (Å²) in [5.41, 5.74) is 6.36. The summed E-state index contributed by atoms with van der Waals surface area (Å²) in [4.78, 5) is 15.6. The first-order valence-electron chi connectivity index (χ1n) is 7.01. The van der Waals surface area contributed by atoms with Crippen LogP contribution < -0.4 is 15.8 Å². The second kappa shape index (κ2) is 6.82. The monoisotopic (exact) mass is 339 g/mol. The summed E-state index contributed by atoms with van der Waals surface area (Å²) in [6.07, 6.45) is 0.825. The van der Waals surface area contributed by atoms with Gasteiger partial charge in [0.15, 0.2) is 0 Å². The smallest absolute Gasteiger partial charge is 0.321 e. The van der Waals surface area contributed by atoms with E-state index in [4.69, 9.17) is 15.6 Å². The molecule has 0 amide bonds. The van der Waals surface area contributed by atoms with Gasteiger partial charge in [0.05, 0.1) is 16.8 Å². The van der Waals surface area contributed by atoms with Crippen molar-refractivity contribution in [1.82, 2.24) is 10.3 Å². The normalized spacial score (nSPS) is 21.3. The van der Waals surface area contributed by atoms with Gasteiger partial charge in [0.2, 0.25) is 0 Å². The standard InChI is InChI=1S/C14H17N3O3S2/c15-4-1-5-20-8-2-3-9-11(6-8)22-13(16-9)12-17-10(7-21-12)14(18)19/h2-3,6,10,12,17H,1,4-5,7,15H2,(H,18,19)/t10-,12?/m1/s1. The van der Waals surface area contributed by atoms with Gasteiger partial charge in [-0.25, -0.2) is 4.98 Å². The summed E-state index contributed by atoms with van der Waals surface area (Å²) in [7, 11) is 0. The maximum absolute atomic E-state index is 11.0. The van der Waals surface area contributed by atoms with Gasteiger partial charge in [0.1, 0.15) is 22.2 Å². The number of aliphatic carboxylic acids is 1. The number of aromatic nitrogens is 1. The number of nitrogens with zero attached hydrogens (tertiary/aromatic N) is 1. The van der Waals surface area contributed by atoms with Crippen LogP contribution in [0.1, 0.15) is 16.8 Å². The summed E-state index contributed by atoms with van der Waals surface area (Å²) >= 11 is 3.15. The Hall–Kier alpha value is -1.35. The van der Waals surface area contributed by atoms with Crippen molar-refractivity contribution in [3.63, 3.8) is 0 Å². The molecule has 1 saturated heterocycles. The number of carbonyl (C=O) groups is 1. The summed E-state index contributed by atoms with van der Waals surface area (Å²) in [6.45, 7) is 1.22. The van der Waals surface area contributed by atoms with Crippen LogP contribution in [0.5, 0.6) is 5.75 Å². The lowest BCUT2D eigenvalue weighted by Gasteiger charge is -2.06. The van der Waals surface area contributed by atoms with E-state index in [-0.39, 0.29) is 5.37 Å². The molecule has 8 heteroatoms. The molecule has 1 aliphatic rings. The molecule has 1 unspecified atom stereocenters. The lowest BCUT2D eigenvalue weighted by atomic mass is 10.3. The largest absolute Gasteiger partial charge is 0.493 e. The van der Waals surface area contributed by atoms with Gasteiger partial charge < -0.3 is 15.6 Å². The molecule has 2 heterocycles. The highest BCUT2D eigenvalue weighted by atomic mass is 32.2. The summed E-state index contributed by atoms with van der Waals surface area (Å²) in [5.74, 6) is 0.557. The number of carboxylic acid groups (broad SMARTS) is 1. The number of ether oxygens (including phenoxy) is 1. The fraction of sp³-hybridized carbons (Fsp3) is 0.429. The van der Waals surface area contributed by atoms with Gasteiger partial charge in [-0.2, -0.15) is 0 Å². The van der Waals surface area contributed by atoms with E-state index < -0.39 is 12.0 Å². The van der Waals surface area contributed by atoms with Gasteiger partial charge in [0.25, 0.3) is 0 Å². The molecule has 3 rings (SSSR count). The van der Waals surface area contributed by atoms with Crippen LogP contribution in [-0.2, 0) is 4.79 Å². The lowest BCUT2D eigenvalue weighted by Crippen LogP contribution is -2.33. The molecule has 1 aliphatic heterocycles. The van der Waals surface area contributed by atoms with Crippen molar-refractivity contribution in [2.75, 3.05) is 18.9 Å². The number of rotatable bonds is 6. The Morgan fingerprint density at radius 1 is 1.55 bits per heavy atom. The third-order valence-corrected chi connectivity index (χ3v) is 5.75. The Bertz CT molecular complexity index is 676. The summed E-state index contributed by atoms with van der Waals surface area (Å²) in [5, 5.41) is 13.0. The topological polar surface area (TPSA) is 97.5 Å². The van der Waals surface area contributed by atoms with Gasteiger partial charge in [-0.05, 0) is 31.2 Å². The first-order chi connectivity index (χ1) is 10.7. The van der Waals surface area contributed by atoms with Crippen molar-refractivity contribution in [3.05, 3.63) is 23.2 Å². The van der Waals surface area contributed by atoms with Crippen LogP contribution in [0.3, 0.4) is 0 Å². The molecule has 118 valence electrons. The SMILES string of the molecule is NCCCOc1ccc2nc(C3N[C@@H](C(=O)O)CS3)sc2c1. The molecule has 0 aliphatic carbocycles. The van der Waals surface area contributed by atoms with E-state index in [0.717, 1.165) is 27.4 Å². The zero-order valence-corrected chi connectivity index (χ0v) is 13.5. The van der Waals surface area contributed by atoms with Crippen LogP contribution >= 0.6 is 23.1 Å². The average molecular weight is 339 g/mol. The Kier molecular flexibility index (Phi) is 4.82. The summed E-state index contributed by atoms with van der Waals surface area (Å²) in [6, 6.07) is 5.30. The van der Waals surface area contributed by atoms with E-state index in [1.807, 2.05) is 18.2 Å². The molecular formula is C14H17N3O3S2. The van der Waals surface area contributed by atoms with Gasteiger partial charge >= 0.3 is 5.97 Å². The molecule has 2 atom stereocenters. The Balaban J connectivity index is 1.74. The minimum absolute atomic E-state index is 0.0555. The van der Waals surface area contributed by atoms with Gasteiger partial charge in [-0.1, -0.05) is 0 Å². The Morgan fingerprint density at radius 2 is 2.41 bits per heavy atom. The van der Waals surface area contributed by atoms with Crippen molar-refractivity contribution in [1.29, 1.82) is 0 Å². The molecular weight excluding hydrogens is 322 g/mol. The fourth-order valence-electron chi connectivity index (χ4n) is 2.15. The summed E-state index contributed by atoms with van der Waals surface area (Å²) < 4.78 is 6.68. The van der Waals surface area contributed by atoms with Crippen LogP contribution in [0, 0.1) is 0 Å². The maximum Gasteiger partial charge on any atom is 0.321 e. The maximum atomic E-state index is 11.0. The number of hydrogen-bond acceptors (Lipinski definition) is 7. The van der Waals surface area contributed by atoms with Gasteiger partial charge in [-0.15, -0.1) is 23.1 Å². The fourth-order valence-corrected chi connectivity index (χ4v) is 4.52. The van der Waals surface area contributed by atoms with Crippen LogP contribution in [-0.4, -0.2) is 41.0 Å². The second-order valence-corrected chi connectivity index (χ2v) is 7.14.